The lowest BCUT2D eigenvalue weighted by Gasteiger charge is -2.35. The van der Waals surface area contributed by atoms with E-state index < -0.39 is 7.14 Å². The number of aromatic nitrogens is 4. The standard InChI is InChI=1S/C20H26N5O2P/c1-4-28(26,5-2)17-12-18(25-10-11-27-13-14(25)3)23-19-15(17)6-8-21-20(19)16-7-9-22-24-16/h6-9,12,14H,4-5,10-11,13H2,1-3H3,(H,22,24)/t14-/m1/s1. The summed E-state index contributed by atoms with van der Waals surface area (Å²) in [5.74, 6) is 0.842. The van der Waals surface area contributed by atoms with Crippen LogP contribution in [0.1, 0.15) is 20.8 Å². The molecule has 0 aromatic carbocycles. The zero-order chi connectivity index (χ0) is 19.7. The summed E-state index contributed by atoms with van der Waals surface area (Å²) < 4.78 is 19.4. The zero-order valence-electron chi connectivity index (χ0n) is 16.6. The summed E-state index contributed by atoms with van der Waals surface area (Å²) in [5.41, 5.74) is 2.30. The molecule has 3 aromatic heterocycles. The lowest BCUT2D eigenvalue weighted by Crippen LogP contribution is -2.44. The van der Waals surface area contributed by atoms with Crippen molar-refractivity contribution in [1.29, 1.82) is 0 Å². The highest BCUT2D eigenvalue weighted by molar-refractivity contribution is 7.72. The number of nitrogens with zero attached hydrogens (tertiary/aromatic N) is 4. The second-order valence-electron chi connectivity index (χ2n) is 7.16. The molecule has 1 aliphatic heterocycles. The molecule has 1 atom stereocenters. The number of pyridine rings is 2. The molecule has 1 fully saturated rings. The molecule has 4 rings (SSSR count). The third-order valence-corrected chi connectivity index (χ3v) is 8.86. The van der Waals surface area contributed by atoms with Crippen LogP contribution in [-0.2, 0) is 9.30 Å². The van der Waals surface area contributed by atoms with E-state index in [9.17, 15) is 4.57 Å². The maximum Gasteiger partial charge on any atom is 0.130 e. The maximum absolute atomic E-state index is 13.8. The lowest BCUT2D eigenvalue weighted by molar-refractivity contribution is 0.0986. The Morgan fingerprint density at radius 2 is 2.11 bits per heavy atom. The summed E-state index contributed by atoms with van der Waals surface area (Å²) in [4.78, 5) is 11.8. The first-order valence-corrected chi connectivity index (χ1v) is 11.9. The number of hydrogen-bond donors (Lipinski definition) is 1. The predicted octanol–water partition coefficient (Wildman–Crippen LogP) is 3.27. The fraction of sp³-hybridized carbons (Fsp3) is 0.450. The van der Waals surface area contributed by atoms with E-state index in [4.69, 9.17) is 9.72 Å². The lowest BCUT2D eigenvalue weighted by atomic mass is 10.1. The molecule has 4 heterocycles. The zero-order valence-corrected chi connectivity index (χ0v) is 17.4. The number of morpholine rings is 1. The molecule has 148 valence electrons. The summed E-state index contributed by atoms with van der Waals surface area (Å²) >= 11 is 0. The van der Waals surface area contributed by atoms with Gasteiger partial charge in [-0.15, -0.1) is 0 Å². The number of anilines is 1. The minimum atomic E-state index is -2.53. The van der Waals surface area contributed by atoms with E-state index in [2.05, 4.69) is 27.0 Å². The van der Waals surface area contributed by atoms with Gasteiger partial charge in [-0.3, -0.25) is 10.1 Å². The van der Waals surface area contributed by atoms with Crippen LogP contribution in [0, 0.1) is 0 Å². The van der Waals surface area contributed by atoms with Crippen LogP contribution in [0.3, 0.4) is 0 Å². The minimum absolute atomic E-state index is 0.210. The fourth-order valence-electron chi connectivity index (χ4n) is 3.82. The van der Waals surface area contributed by atoms with Gasteiger partial charge in [0.2, 0.25) is 0 Å². The minimum Gasteiger partial charge on any atom is -0.377 e. The normalized spacial score (nSPS) is 18.0. The van der Waals surface area contributed by atoms with Gasteiger partial charge in [0.25, 0.3) is 0 Å². The van der Waals surface area contributed by atoms with E-state index in [0.717, 1.165) is 40.0 Å². The molecule has 1 N–H and O–H groups in total. The van der Waals surface area contributed by atoms with Gasteiger partial charge in [-0.2, -0.15) is 5.10 Å². The highest BCUT2D eigenvalue weighted by atomic mass is 31.2. The number of ether oxygens (including phenoxy) is 1. The van der Waals surface area contributed by atoms with Crippen molar-refractivity contribution in [3.63, 3.8) is 0 Å². The van der Waals surface area contributed by atoms with Crippen LogP contribution in [0.5, 0.6) is 0 Å². The number of H-pyrrole nitrogens is 1. The third-order valence-electron chi connectivity index (χ3n) is 5.57. The molecule has 8 heteroatoms. The Kier molecular flexibility index (Phi) is 5.21. The van der Waals surface area contributed by atoms with Crippen LogP contribution in [0.4, 0.5) is 5.82 Å². The Morgan fingerprint density at radius 3 is 2.79 bits per heavy atom. The van der Waals surface area contributed by atoms with Gasteiger partial charge in [-0.25, -0.2) is 4.98 Å². The quantitative estimate of drug-likeness (QED) is 0.663. The summed E-state index contributed by atoms with van der Waals surface area (Å²) in [5, 5.41) is 8.86. The van der Waals surface area contributed by atoms with Crippen molar-refractivity contribution in [2.75, 3.05) is 37.0 Å². The molecule has 1 saturated heterocycles. The van der Waals surface area contributed by atoms with E-state index in [1.165, 1.54) is 0 Å². The molecule has 1 aliphatic rings. The van der Waals surface area contributed by atoms with Gasteiger partial charge in [0, 0.05) is 42.0 Å². The average molecular weight is 399 g/mol. The Balaban J connectivity index is 2.01. The first-order chi connectivity index (χ1) is 13.6. The van der Waals surface area contributed by atoms with Crippen molar-refractivity contribution in [2.24, 2.45) is 0 Å². The maximum atomic E-state index is 13.8. The summed E-state index contributed by atoms with van der Waals surface area (Å²) in [6.45, 7) is 8.23. The predicted molar refractivity (Wildman–Crippen MR) is 113 cm³/mol. The second-order valence-corrected chi connectivity index (χ2v) is 10.7. The van der Waals surface area contributed by atoms with Crippen molar-refractivity contribution in [3.05, 3.63) is 30.6 Å². The molecule has 0 unspecified atom stereocenters. The summed E-state index contributed by atoms with van der Waals surface area (Å²) in [6, 6.07) is 6.06. The Morgan fingerprint density at radius 1 is 1.29 bits per heavy atom. The Bertz CT molecular complexity index is 1010. The van der Waals surface area contributed by atoms with Crippen molar-refractivity contribution >= 4 is 29.2 Å². The Labute approximate surface area is 164 Å². The average Bonchev–Trinajstić information content (AvgIpc) is 3.27. The largest absolute Gasteiger partial charge is 0.377 e. The van der Waals surface area contributed by atoms with Crippen molar-refractivity contribution in [2.45, 2.75) is 26.8 Å². The highest BCUT2D eigenvalue weighted by Gasteiger charge is 2.28. The van der Waals surface area contributed by atoms with E-state index in [1.54, 1.807) is 12.4 Å². The van der Waals surface area contributed by atoms with Gasteiger partial charge in [0.1, 0.15) is 24.2 Å². The van der Waals surface area contributed by atoms with Gasteiger partial charge in [0.15, 0.2) is 0 Å². The van der Waals surface area contributed by atoms with Gasteiger partial charge < -0.3 is 14.2 Å². The number of rotatable bonds is 5. The summed E-state index contributed by atoms with van der Waals surface area (Å²) in [7, 11) is -2.53. The highest BCUT2D eigenvalue weighted by Crippen LogP contribution is 2.46. The van der Waals surface area contributed by atoms with Crippen LogP contribution in [0.15, 0.2) is 30.6 Å². The molecule has 0 saturated carbocycles. The summed E-state index contributed by atoms with van der Waals surface area (Å²) in [6.07, 6.45) is 4.72. The van der Waals surface area contributed by atoms with Crippen molar-refractivity contribution in [3.8, 4) is 11.4 Å². The molecule has 0 bridgehead atoms. The molecular formula is C20H26N5O2P. The molecule has 0 spiro atoms. The smallest absolute Gasteiger partial charge is 0.130 e. The van der Waals surface area contributed by atoms with Gasteiger partial charge in [-0.1, -0.05) is 13.8 Å². The van der Waals surface area contributed by atoms with Crippen LogP contribution < -0.4 is 10.2 Å². The molecule has 0 radical (unpaired) electrons. The number of hydrogen-bond acceptors (Lipinski definition) is 6. The van der Waals surface area contributed by atoms with Crippen LogP contribution in [0.25, 0.3) is 22.3 Å². The van der Waals surface area contributed by atoms with E-state index >= 15 is 0 Å². The molecule has 28 heavy (non-hydrogen) atoms. The fourth-order valence-corrected chi connectivity index (χ4v) is 5.92. The number of aromatic amines is 1. The van der Waals surface area contributed by atoms with Crippen LogP contribution in [0.2, 0.25) is 0 Å². The van der Waals surface area contributed by atoms with Crippen molar-refractivity contribution < 1.29 is 9.30 Å². The number of nitrogens with one attached hydrogen (secondary N) is 1. The molecular weight excluding hydrogens is 373 g/mol. The van der Waals surface area contributed by atoms with E-state index in [1.807, 2.05) is 32.0 Å². The van der Waals surface area contributed by atoms with Crippen LogP contribution >= 0.6 is 7.14 Å². The third kappa shape index (κ3) is 3.23. The van der Waals surface area contributed by atoms with E-state index in [-0.39, 0.29) is 6.04 Å². The van der Waals surface area contributed by atoms with Gasteiger partial charge in [-0.05, 0) is 25.1 Å². The van der Waals surface area contributed by atoms with Gasteiger partial charge in [0.05, 0.1) is 24.9 Å². The number of fused-ring (bicyclic) bond motifs is 1. The first kappa shape index (κ1) is 19.1. The molecule has 0 aliphatic carbocycles. The second kappa shape index (κ2) is 7.64. The van der Waals surface area contributed by atoms with E-state index in [0.29, 0.717) is 25.5 Å². The Hall–Kier alpha value is -2.24. The monoisotopic (exact) mass is 399 g/mol. The SMILES string of the molecule is CCP(=O)(CC)c1cc(N2CCOC[C@H]2C)nc2c(-c3ccn[nH]3)nccc12. The first-order valence-electron chi connectivity index (χ1n) is 9.80. The molecule has 0 amide bonds. The van der Waals surface area contributed by atoms with Crippen molar-refractivity contribution in [1.82, 2.24) is 20.2 Å². The molecule has 7 nitrogen and oxygen atoms in total. The molecule has 3 aromatic rings. The topological polar surface area (TPSA) is 84.0 Å². The van der Waals surface area contributed by atoms with Crippen LogP contribution in [-0.4, -0.2) is 58.3 Å². The van der Waals surface area contributed by atoms with Gasteiger partial charge >= 0.3 is 0 Å².